The molecular formula is C17H16F3N3O2S. The molecule has 0 unspecified atom stereocenters. The zero-order valence-electron chi connectivity index (χ0n) is 13.7. The van der Waals surface area contributed by atoms with Gasteiger partial charge in [0.25, 0.3) is 5.56 Å². The summed E-state index contributed by atoms with van der Waals surface area (Å²) in [4.78, 5) is 31.1. The summed E-state index contributed by atoms with van der Waals surface area (Å²) in [6.07, 6.45) is -1.09. The van der Waals surface area contributed by atoms with Gasteiger partial charge in [0.15, 0.2) is 5.16 Å². The number of carbonyl (C=O) groups is 1. The maximum atomic E-state index is 12.7. The smallest absolute Gasteiger partial charge is 0.325 e. The van der Waals surface area contributed by atoms with Crippen molar-refractivity contribution in [2.24, 2.45) is 0 Å². The number of anilines is 1. The Bertz CT molecular complexity index is 880. The minimum Gasteiger partial charge on any atom is -0.325 e. The first-order chi connectivity index (χ1) is 12.3. The fourth-order valence-corrected chi connectivity index (χ4v) is 3.43. The third-order valence-electron chi connectivity index (χ3n) is 3.98. The van der Waals surface area contributed by atoms with Gasteiger partial charge in [-0.2, -0.15) is 13.2 Å². The van der Waals surface area contributed by atoms with E-state index in [0.29, 0.717) is 17.1 Å². The molecule has 1 heterocycles. The van der Waals surface area contributed by atoms with Gasteiger partial charge in [-0.15, -0.1) is 0 Å². The van der Waals surface area contributed by atoms with Crippen molar-refractivity contribution < 1.29 is 18.0 Å². The van der Waals surface area contributed by atoms with Crippen molar-refractivity contribution >= 4 is 23.4 Å². The Morgan fingerprint density at radius 3 is 2.81 bits per heavy atom. The van der Waals surface area contributed by atoms with Gasteiger partial charge in [0.1, 0.15) is 0 Å². The largest absolute Gasteiger partial charge is 0.416 e. The molecule has 0 bridgehead atoms. The zero-order valence-corrected chi connectivity index (χ0v) is 14.5. The highest BCUT2D eigenvalue weighted by atomic mass is 32.2. The summed E-state index contributed by atoms with van der Waals surface area (Å²) in [7, 11) is 0. The SMILES string of the molecule is O=C(CSc1nc2c(c(=O)[nH]1)CCCC2)Nc1cccc(C(F)(F)F)c1. The molecule has 26 heavy (non-hydrogen) atoms. The molecular weight excluding hydrogens is 367 g/mol. The van der Waals surface area contributed by atoms with Gasteiger partial charge < -0.3 is 10.3 Å². The lowest BCUT2D eigenvalue weighted by Crippen LogP contribution is -2.22. The average Bonchev–Trinajstić information content (AvgIpc) is 2.59. The number of H-pyrrole nitrogens is 1. The lowest BCUT2D eigenvalue weighted by Gasteiger charge is -2.14. The molecule has 2 aromatic rings. The van der Waals surface area contributed by atoms with E-state index in [0.717, 1.165) is 48.9 Å². The topological polar surface area (TPSA) is 74.8 Å². The number of hydrogen-bond acceptors (Lipinski definition) is 4. The highest BCUT2D eigenvalue weighted by molar-refractivity contribution is 7.99. The zero-order chi connectivity index (χ0) is 18.7. The number of fused-ring (bicyclic) bond motifs is 1. The van der Waals surface area contributed by atoms with E-state index in [1.807, 2.05) is 0 Å². The summed E-state index contributed by atoms with van der Waals surface area (Å²) in [6, 6.07) is 4.43. The Hall–Kier alpha value is -2.29. The molecule has 0 aliphatic heterocycles. The average molecular weight is 383 g/mol. The fourth-order valence-electron chi connectivity index (χ4n) is 2.75. The molecule has 1 aromatic heterocycles. The molecule has 2 N–H and O–H groups in total. The maximum absolute atomic E-state index is 12.7. The number of benzene rings is 1. The van der Waals surface area contributed by atoms with Gasteiger partial charge in [0, 0.05) is 11.3 Å². The first-order valence-electron chi connectivity index (χ1n) is 8.05. The normalized spacial score (nSPS) is 14.0. The Morgan fingerprint density at radius 1 is 1.27 bits per heavy atom. The van der Waals surface area contributed by atoms with Gasteiger partial charge in [-0.3, -0.25) is 9.59 Å². The lowest BCUT2D eigenvalue weighted by molar-refractivity contribution is -0.137. The summed E-state index contributed by atoms with van der Waals surface area (Å²) < 4.78 is 38.1. The molecule has 0 saturated heterocycles. The van der Waals surface area contributed by atoms with Crippen LogP contribution in [0.5, 0.6) is 0 Å². The second-order valence-electron chi connectivity index (χ2n) is 5.92. The fraction of sp³-hybridized carbons (Fsp3) is 0.353. The Morgan fingerprint density at radius 2 is 2.04 bits per heavy atom. The van der Waals surface area contributed by atoms with Gasteiger partial charge in [0.05, 0.1) is 17.0 Å². The van der Waals surface area contributed by atoms with Crippen molar-refractivity contribution in [3.8, 4) is 0 Å². The molecule has 138 valence electrons. The van der Waals surface area contributed by atoms with Crippen molar-refractivity contribution in [2.45, 2.75) is 37.0 Å². The number of aromatic nitrogens is 2. The van der Waals surface area contributed by atoms with E-state index < -0.39 is 17.6 Å². The van der Waals surface area contributed by atoms with Crippen LogP contribution in [0, 0.1) is 0 Å². The van der Waals surface area contributed by atoms with Crippen LogP contribution in [0.3, 0.4) is 0 Å². The van der Waals surface area contributed by atoms with Gasteiger partial charge in [0.2, 0.25) is 5.91 Å². The number of carbonyl (C=O) groups excluding carboxylic acids is 1. The predicted molar refractivity (Wildman–Crippen MR) is 92.3 cm³/mol. The van der Waals surface area contributed by atoms with Gasteiger partial charge in [-0.25, -0.2) is 4.98 Å². The van der Waals surface area contributed by atoms with Crippen LogP contribution >= 0.6 is 11.8 Å². The van der Waals surface area contributed by atoms with Crippen LogP contribution in [0.4, 0.5) is 18.9 Å². The van der Waals surface area contributed by atoms with Crippen molar-refractivity contribution in [3.63, 3.8) is 0 Å². The van der Waals surface area contributed by atoms with Gasteiger partial charge >= 0.3 is 6.18 Å². The van der Waals surface area contributed by atoms with E-state index in [1.54, 1.807) is 0 Å². The highest BCUT2D eigenvalue weighted by Crippen LogP contribution is 2.30. The van der Waals surface area contributed by atoms with E-state index in [1.165, 1.54) is 12.1 Å². The highest BCUT2D eigenvalue weighted by Gasteiger charge is 2.30. The molecule has 1 aliphatic rings. The molecule has 1 aromatic carbocycles. The number of thioether (sulfide) groups is 1. The molecule has 0 spiro atoms. The standard InChI is InChI=1S/C17H16F3N3O2S/c18-17(19,20)10-4-3-5-11(8-10)21-14(24)9-26-16-22-13-7-2-1-6-12(13)15(25)23-16/h3-5,8H,1-2,6-7,9H2,(H,21,24)(H,22,23,25). The Labute approximate surface area is 151 Å². The van der Waals surface area contributed by atoms with Crippen molar-refractivity contribution in [1.29, 1.82) is 0 Å². The minimum absolute atomic E-state index is 0.0670. The number of hydrogen-bond donors (Lipinski definition) is 2. The number of nitrogens with one attached hydrogen (secondary N) is 2. The van der Waals surface area contributed by atoms with Crippen LogP contribution in [-0.4, -0.2) is 21.6 Å². The summed E-state index contributed by atoms with van der Waals surface area (Å²) in [5, 5.41) is 2.76. The van der Waals surface area contributed by atoms with Crippen molar-refractivity contribution in [1.82, 2.24) is 9.97 Å². The quantitative estimate of drug-likeness (QED) is 0.627. The Balaban J connectivity index is 1.63. The first-order valence-corrected chi connectivity index (χ1v) is 9.03. The van der Waals surface area contributed by atoms with Gasteiger partial charge in [-0.05, 0) is 43.9 Å². The van der Waals surface area contributed by atoms with E-state index in [-0.39, 0.29) is 17.0 Å². The molecule has 1 amide bonds. The van der Waals surface area contributed by atoms with E-state index in [9.17, 15) is 22.8 Å². The minimum atomic E-state index is -4.47. The number of amides is 1. The van der Waals surface area contributed by atoms with Crippen LogP contribution < -0.4 is 10.9 Å². The molecule has 0 saturated carbocycles. The summed E-state index contributed by atoms with van der Waals surface area (Å²) in [6.45, 7) is 0. The lowest BCUT2D eigenvalue weighted by atomic mass is 9.97. The van der Waals surface area contributed by atoms with Crippen molar-refractivity contribution in [2.75, 3.05) is 11.1 Å². The van der Waals surface area contributed by atoms with Crippen LogP contribution in [-0.2, 0) is 23.8 Å². The third-order valence-corrected chi connectivity index (χ3v) is 4.86. The molecule has 3 rings (SSSR count). The second kappa shape index (κ2) is 7.53. The predicted octanol–water partition coefficient (Wildman–Crippen LogP) is 3.40. The third kappa shape index (κ3) is 4.46. The summed E-state index contributed by atoms with van der Waals surface area (Å²) in [5.41, 5.74) is 0.520. The molecule has 0 atom stereocenters. The van der Waals surface area contributed by atoms with E-state index >= 15 is 0 Å². The van der Waals surface area contributed by atoms with Crippen LogP contribution in [0.25, 0.3) is 0 Å². The number of aryl methyl sites for hydroxylation is 1. The maximum Gasteiger partial charge on any atom is 0.416 e. The van der Waals surface area contributed by atoms with E-state index in [4.69, 9.17) is 0 Å². The second-order valence-corrected chi connectivity index (χ2v) is 6.88. The molecule has 0 fully saturated rings. The van der Waals surface area contributed by atoms with Gasteiger partial charge in [-0.1, -0.05) is 17.8 Å². The van der Waals surface area contributed by atoms with Crippen LogP contribution in [0.1, 0.15) is 29.7 Å². The van der Waals surface area contributed by atoms with Crippen LogP contribution in [0.2, 0.25) is 0 Å². The number of halogens is 3. The first kappa shape index (κ1) is 18.5. The van der Waals surface area contributed by atoms with E-state index in [2.05, 4.69) is 15.3 Å². The molecule has 9 heteroatoms. The number of alkyl halides is 3. The Kier molecular flexibility index (Phi) is 5.36. The number of aromatic amines is 1. The molecule has 1 aliphatic carbocycles. The monoisotopic (exact) mass is 383 g/mol. The summed E-state index contributed by atoms with van der Waals surface area (Å²) >= 11 is 1.04. The van der Waals surface area contributed by atoms with Crippen LogP contribution in [0.15, 0.2) is 34.2 Å². The summed E-state index contributed by atoms with van der Waals surface area (Å²) in [5.74, 6) is -0.549. The molecule has 0 radical (unpaired) electrons. The number of rotatable bonds is 4. The molecule has 5 nitrogen and oxygen atoms in total. The number of nitrogens with zero attached hydrogens (tertiary/aromatic N) is 1. The van der Waals surface area contributed by atoms with Crippen molar-refractivity contribution in [3.05, 3.63) is 51.4 Å².